The molecule has 0 saturated heterocycles. The van der Waals surface area contributed by atoms with Crippen molar-refractivity contribution in [1.82, 2.24) is 5.06 Å². The van der Waals surface area contributed by atoms with Crippen LogP contribution in [0.2, 0.25) is 0 Å². The summed E-state index contributed by atoms with van der Waals surface area (Å²) in [5, 5.41) is 1.98. The van der Waals surface area contributed by atoms with Crippen LogP contribution < -0.4 is 0 Å². The van der Waals surface area contributed by atoms with Gasteiger partial charge in [0.1, 0.15) is 13.2 Å². The van der Waals surface area contributed by atoms with Crippen LogP contribution in [0.4, 0.5) is 0 Å². The minimum absolute atomic E-state index is 0.0909. The first-order valence-electron chi connectivity index (χ1n) is 8.30. The lowest BCUT2D eigenvalue weighted by atomic mass is 9.94. The minimum Gasteiger partial charge on any atom is -0.322 e. The molecule has 1 rings (SSSR count). The van der Waals surface area contributed by atoms with Crippen LogP contribution in [-0.4, -0.2) is 29.7 Å². The molecule has 0 saturated carbocycles. The van der Waals surface area contributed by atoms with E-state index in [1.165, 1.54) is 0 Å². The lowest BCUT2D eigenvalue weighted by molar-refractivity contribution is -0.261. The zero-order chi connectivity index (χ0) is 18.1. The highest BCUT2D eigenvalue weighted by molar-refractivity contribution is 7.63. The predicted octanol–water partition coefficient (Wildman–Crippen LogP) is 5.77. The van der Waals surface area contributed by atoms with Crippen molar-refractivity contribution in [3.63, 3.8) is 0 Å². The van der Waals surface area contributed by atoms with Crippen LogP contribution in [0.5, 0.6) is 0 Å². The third-order valence-corrected chi connectivity index (χ3v) is 5.95. The Balaban J connectivity index is 3.21. The molecule has 0 amide bonds. The van der Waals surface area contributed by atoms with Gasteiger partial charge in [0.15, 0.2) is 0 Å². The molecule has 4 heteroatoms. The Labute approximate surface area is 142 Å². The molecule has 0 N–H and O–H groups in total. The van der Waals surface area contributed by atoms with E-state index in [-0.39, 0.29) is 22.8 Å². The Morgan fingerprint density at radius 1 is 1.00 bits per heavy atom. The van der Waals surface area contributed by atoms with Gasteiger partial charge in [-0.15, -0.1) is 0 Å². The summed E-state index contributed by atoms with van der Waals surface area (Å²) in [6, 6.07) is 10.2. The van der Waals surface area contributed by atoms with Gasteiger partial charge in [-0.1, -0.05) is 51.1 Å². The number of rotatable bonds is 5. The Kier molecular flexibility index (Phi) is 6.29. The van der Waals surface area contributed by atoms with Crippen LogP contribution >= 0.6 is 7.14 Å². The van der Waals surface area contributed by atoms with E-state index in [1.54, 1.807) is 0 Å². The molecule has 0 bridgehead atoms. The maximum absolute atomic E-state index is 13.0. The summed E-state index contributed by atoms with van der Waals surface area (Å²) in [6.07, 6.45) is -0.0909. The maximum Gasteiger partial charge on any atom is 0.102 e. The van der Waals surface area contributed by atoms with E-state index >= 15 is 0 Å². The van der Waals surface area contributed by atoms with Crippen molar-refractivity contribution >= 4 is 7.14 Å². The van der Waals surface area contributed by atoms with E-state index in [0.29, 0.717) is 0 Å². The topological polar surface area (TPSA) is 29.5 Å². The molecular weight excluding hydrogens is 305 g/mol. The average molecular weight is 339 g/mol. The van der Waals surface area contributed by atoms with E-state index in [9.17, 15) is 4.57 Å². The lowest BCUT2D eigenvalue weighted by Gasteiger charge is -2.48. The first-order valence-corrected chi connectivity index (χ1v) is 11.0. The highest BCUT2D eigenvalue weighted by Crippen LogP contribution is 2.54. The summed E-state index contributed by atoms with van der Waals surface area (Å²) < 4.78 is 13.0. The van der Waals surface area contributed by atoms with E-state index in [1.807, 2.05) is 43.5 Å². The number of benzene rings is 1. The zero-order valence-corrected chi connectivity index (χ0v) is 17.1. The molecule has 0 aliphatic rings. The molecule has 0 spiro atoms. The predicted molar refractivity (Wildman–Crippen MR) is 100 cm³/mol. The van der Waals surface area contributed by atoms with Gasteiger partial charge in [0.25, 0.3) is 0 Å². The van der Waals surface area contributed by atoms with Crippen molar-refractivity contribution in [2.45, 2.75) is 65.9 Å². The van der Waals surface area contributed by atoms with Crippen LogP contribution in [0.1, 0.15) is 60.1 Å². The first kappa shape index (κ1) is 20.4. The summed E-state index contributed by atoms with van der Waals surface area (Å²) in [5.41, 5.74) is 0.724. The molecule has 1 aromatic carbocycles. The molecule has 0 unspecified atom stereocenters. The maximum atomic E-state index is 13.0. The Bertz CT molecular complexity index is 537. The average Bonchev–Trinajstić information content (AvgIpc) is 2.34. The van der Waals surface area contributed by atoms with Gasteiger partial charge in [-0.05, 0) is 52.0 Å². The van der Waals surface area contributed by atoms with E-state index in [4.69, 9.17) is 4.84 Å². The Hall–Kier alpha value is -0.630. The molecule has 23 heavy (non-hydrogen) atoms. The largest absolute Gasteiger partial charge is 0.322 e. The summed E-state index contributed by atoms with van der Waals surface area (Å²) >= 11 is 0. The third-order valence-electron chi connectivity index (χ3n) is 3.79. The summed E-state index contributed by atoms with van der Waals surface area (Å²) in [7, 11) is -2.40. The van der Waals surface area contributed by atoms with Crippen molar-refractivity contribution in [3.05, 3.63) is 35.9 Å². The minimum atomic E-state index is -2.40. The van der Waals surface area contributed by atoms with Crippen LogP contribution in [0, 0.1) is 5.41 Å². The van der Waals surface area contributed by atoms with Crippen molar-refractivity contribution in [2.75, 3.05) is 13.3 Å². The van der Waals surface area contributed by atoms with E-state index in [2.05, 4.69) is 53.7 Å². The molecular formula is C19H34NO2P. The molecule has 3 nitrogen and oxygen atoms in total. The quantitative estimate of drug-likeness (QED) is 0.503. The Morgan fingerprint density at radius 2 is 1.48 bits per heavy atom. The van der Waals surface area contributed by atoms with E-state index < -0.39 is 7.14 Å². The molecule has 2 atom stereocenters. The van der Waals surface area contributed by atoms with Gasteiger partial charge in [0.2, 0.25) is 0 Å². The molecule has 0 aliphatic carbocycles. The smallest absolute Gasteiger partial charge is 0.102 e. The fraction of sp³-hybridized carbons (Fsp3) is 0.684. The molecule has 0 radical (unpaired) electrons. The van der Waals surface area contributed by atoms with Crippen LogP contribution in [0.3, 0.4) is 0 Å². The van der Waals surface area contributed by atoms with Crippen LogP contribution in [0.15, 0.2) is 30.3 Å². The zero-order valence-electron chi connectivity index (χ0n) is 16.3. The second-order valence-electron chi connectivity index (χ2n) is 8.83. The highest BCUT2D eigenvalue weighted by Gasteiger charge is 2.45. The van der Waals surface area contributed by atoms with E-state index in [0.717, 1.165) is 5.56 Å². The fourth-order valence-corrected chi connectivity index (χ4v) is 5.85. The molecule has 0 heterocycles. The normalized spacial score (nSPS) is 16.4. The SMILES string of the molecule is C[C@@H](ON([C@@H](C(C)(C)C)P(C)(C)=O)C(C)(C)C)c1ccccc1. The van der Waals surface area contributed by atoms with Crippen molar-refractivity contribution in [1.29, 1.82) is 0 Å². The van der Waals surface area contributed by atoms with Gasteiger partial charge in [0.05, 0.1) is 5.78 Å². The summed E-state index contributed by atoms with van der Waals surface area (Å²) in [6.45, 7) is 18.5. The molecule has 0 fully saturated rings. The lowest BCUT2D eigenvalue weighted by Crippen LogP contribution is -2.53. The van der Waals surface area contributed by atoms with Gasteiger partial charge in [-0.2, -0.15) is 5.06 Å². The van der Waals surface area contributed by atoms with Gasteiger partial charge in [0, 0.05) is 5.54 Å². The molecule has 0 aliphatic heterocycles. The number of hydrogen-bond donors (Lipinski definition) is 0. The molecule has 132 valence electrons. The third kappa shape index (κ3) is 5.74. The van der Waals surface area contributed by atoms with Crippen molar-refractivity contribution < 1.29 is 9.40 Å². The van der Waals surface area contributed by atoms with Gasteiger partial charge < -0.3 is 4.57 Å². The van der Waals surface area contributed by atoms with Crippen molar-refractivity contribution in [3.8, 4) is 0 Å². The van der Waals surface area contributed by atoms with Gasteiger partial charge in [-0.25, -0.2) is 0 Å². The Morgan fingerprint density at radius 3 is 1.83 bits per heavy atom. The van der Waals surface area contributed by atoms with Gasteiger partial charge in [-0.3, -0.25) is 4.84 Å². The van der Waals surface area contributed by atoms with Crippen molar-refractivity contribution in [2.24, 2.45) is 5.41 Å². The second-order valence-corrected chi connectivity index (χ2v) is 12.2. The highest BCUT2D eigenvalue weighted by atomic mass is 31.2. The molecule has 0 aromatic heterocycles. The molecule has 1 aromatic rings. The second kappa shape index (κ2) is 7.09. The number of hydroxylamine groups is 2. The number of hydrogen-bond acceptors (Lipinski definition) is 3. The fourth-order valence-electron chi connectivity index (χ4n) is 3.07. The monoisotopic (exact) mass is 339 g/mol. The first-order chi connectivity index (χ1) is 10.2. The standard InChI is InChI=1S/C19H34NO2P/c1-15(16-13-11-10-12-14-16)22-20(19(5,6)7)17(18(2,3)4)23(8,9)21/h10-15,17H,1-9H3/t15-,17-/m1/s1. The van der Waals surface area contributed by atoms with Crippen LogP contribution in [-0.2, 0) is 9.40 Å². The van der Waals surface area contributed by atoms with Gasteiger partial charge >= 0.3 is 0 Å². The number of nitrogens with zero attached hydrogens (tertiary/aromatic N) is 1. The van der Waals surface area contributed by atoms with Crippen LogP contribution in [0.25, 0.3) is 0 Å². The summed E-state index contributed by atoms with van der Waals surface area (Å²) in [4.78, 5) is 6.38. The summed E-state index contributed by atoms with van der Waals surface area (Å²) in [5.74, 6) is -0.152.